The molecule has 5 N–H and O–H groups in total. The summed E-state index contributed by atoms with van der Waals surface area (Å²) in [5.41, 5.74) is 6.79. The predicted octanol–water partition coefficient (Wildman–Crippen LogP) is 10.1. The zero-order chi connectivity index (χ0) is 47.4. The van der Waals surface area contributed by atoms with Crippen molar-refractivity contribution >= 4 is 75.0 Å². The summed E-state index contributed by atoms with van der Waals surface area (Å²) >= 11 is 14.9. The summed E-state index contributed by atoms with van der Waals surface area (Å²) in [5, 5.41) is 15.7. The van der Waals surface area contributed by atoms with Crippen LogP contribution in [0.3, 0.4) is 0 Å². The maximum Gasteiger partial charge on any atom is 0.407 e. The summed E-state index contributed by atoms with van der Waals surface area (Å²) in [5.74, 6) is 0.425. The van der Waals surface area contributed by atoms with Gasteiger partial charge in [-0.05, 0) is 96.7 Å². The van der Waals surface area contributed by atoms with Gasteiger partial charge in [0, 0.05) is 18.8 Å². The lowest BCUT2D eigenvalue weighted by Gasteiger charge is -2.34. The second-order valence-electron chi connectivity index (χ2n) is 19.7. The average Bonchev–Trinajstić information content (AvgIpc) is 4.13. The maximum absolute atomic E-state index is 13.9. The number of aromatic amines is 2. The molecule has 6 atom stereocenters. The van der Waals surface area contributed by atoms with E-state index >= 15 is 0 Å². The van der Waals surface area contributed by atoms with Crippen molar-refractivity contribution in [3.8, 4) is 0 Å². The molecule has 0 radical (unpaired) electrons. The van der Waals surface area contributed by atoms with Crippen molar-refractivity contribution < 1.29 is 29.0 Å². The van der Waals surface area contributed by atoms with Crippen molar-refractivity contribution in [1.82, 2.24) is 40.4 Å². The van der Waals surface area contributed by atoms with Crippen LogP contribution in [0.2, 0.25) is 10.0 Å². The molecule has 4 amide bonds. The van der Waals surface area contributed by atoms with Crippen molar-refractivity contribution in [3.63, 3.8) is 0 Å². The number of anilines is 1. The van der Waals surface area contributed by atoms with E-state index in [2.05, 4.69) is 82.7 Å². The first-order chi connectivity index (χ1) is 31.4. The number of fused-ring (bicyclic) bond motifs is 2. The van der Waals surface area contributed by atoms with Gasteiger partial charge in [0.25, 0.3) is 0 Å². The third-order valence-corrected chi connectivity index (χ3v) is 14.5. The third-order valence-electron chi connectivity index (χ3n) is 13.7. The van der Waals surface area contributed by atoms with Gasteiger partial charge in [0.05, 0.1) is 52.4 Å². The number of imidazole rings is 2. The SMILES string of the molecule is COC(=O)N[C@H](C(=O)N1CCC[C@H]1c1nc2c(Cl)c([C@H]3CC[C@H](c4ccc5[nH]c([C@@H]6CCCN6C(=O)[C@@H](NC(=O)O)C(C)C)nc5c4Cl)N3c3ccc(C(C)(C)C)cc3)ccc2[nH]1)C(C)C. The Hall–Kier alpha value is -5.54. The average molecular weight is 943 g/mol. The first-order valence-electron chi connectivity index (χ1n) is 23.1. The lowest BCUT2D eigenvalue weighted by atomic mass is 9.87. The number of likely N-dealkylation sites (tertiary alicyclic amines) is 2. The second-order valence-corrected chi connectivity index (χ2v) is 20.5. The van der Waals surface area contributed by atoms with E-state index in [0.29, 0.717) is 58.7 Å². The van der Waals surface area contributed by atoms with Crippen LogP contribution in [0, 0.1) is 11.8 Å². The van der Waals surface area contributed by atoms with Crippen molar-refractivity contribution in [2.45, 2.75) is 129 Å². The molecule has 3 saturated heterocycles. The number of hydrogen-bond donors (Lipinski definition) is 5. The molecule has 66 heavy (non-hydrogen) atoms. The number of carboxylic acid groups (broad SMARTS) is 1. The molecule has 3 aliphatic heterocycles. The van der Waals surface area contributed by atoms with Gasteiger partial charge in [0.1, 0.15) is 34.8 Å². The number of H-pyrrole nitrogens is 2. The molecule has 3 aromatic carbocycles. The van der Waals surface area contributed by atoms with Crippen LogP contribution < -0.4 is 15.5 Å². The molecular formula is C49H61Cl2N9O6. The molecule has 352 valence electrons. The molecule has 5 aromatic rings. The fourth-order valence-corrected chi connectivity index (χ4v) is 10.9. The normalized spacial score (nSPS) is 21.1. The molecule has 8 rings (SSSR count). The first-order valence-corrected chi connectivity index (χ1v) is 23.8. The van der Waals surface area contributed by atoms with Gasteiger partial charge in [-0.1, -0.05) is 95.9 Å². The molecule has 0 spiro atoms. The highest BCUT2D eigenvalue weighted by Crippen LogP contribution is 2.51. The Balaban J connectivity index is 1.13. The Morgan fingerprint density at radius 1 is 0.697 bits per heavy atom. The number of carbonyl (C=O) groups is 4. The fraction of sp³-hybridized carbons (Fsp3) is 0.510. The van der Waals surface area contributed by atoms with Crippen LogP contribution >= 0.6 is 23.2 Å². The number of halogens is 2. The van der Waals surface area contributed by atoms with E-state index < -0.39 is 24.3 Å². The number of amides is 4. The van der Waals surface area contributed by atoms with Gasteiger partial charge in [-0.25, -0.2) is 19.6 Å². The van der Waals surface area contributed by atoms with Gasteiger partial charge in [-0.3, -0.25) is 9.59 Å². The van der Waals surface area contributed by atoms with Crippen LogP contribution in [0.1, 0.15) is 139 Å². The Morgan fingerprint density at radius 3 is 1.56 bits per heavy atom. The van der Waals surface area contributed by atoms with Gasteiger partial charge in [-0.15, -0.1) is 0 Å². The Morgan fingerprint density at radius 2 is 1.15 bits per heavy atom. The molecule has 2 aromatic heterocycles. The third kappa shape index (κ3) is 8.88. The second kappa shape index (κ2) is 18.6. The summed E-state index contributed by atoms with van der Waals surface area (Å²) in [4.78, 5) is 74.5. The molecule has 0 bridgehead atoms. The molecule has 17 heteroatoms. The number of nitrogens with one attached hydrogen (secondary N) is 4. The topological polar surface area (TPSA) is 189 Å². The number of nitrogens with zero attached hydrogens (tertiary/aromatic N) is 5. The number of alkyl carbamates (subject to hydrolysis) is 1. The summed E-state index contributed by atoms with van der Waals surface area (Å²) in [7, 11) is 1.28. The van der Waals surface area contributed by atoms with E-state index in [1.165, 1.54) is 12.7 Å². The van der Waals surface area contributed by atoms with Gasteiger partial charge < -0.3 is 45.1 Å². The summed E-state index contributed by atoms with van der Waals surface area (Å²) < 4.78 is 4.82. The highest BCUT2D eigenvalue weighted by Gasteiger charge is 2.42. The van der Waals surface area contributed by atoms with Gasteiger partial charge in [0.15, 0.2) is 0 Å². The number of methoxy groups -OCH3 is 1. The summed E-state index contributed by atoms with van der Waals surface area (Å²) in [6.45, 7) is 15.1. The number of ether oxygens (including phenoxy) is 1. The minimum absolute atomic E-state index is 0.0462. The van der Waals surface area contributed by atoms with Crippen molar-refractivity contribution in [2.24, 2.45) is 11.8 Å². The zero-order valence-electron chi connectivity index (χ0n) is 38.9. The minimum atomic E-state index is -1.24. The number of aromatic nitrogens is 4. The minimum Gasteiger partial charge on any atom is -0.465 e. The van der Waals surface area contributed by atoms with E-state index in [0.717, 1.165) is 53.5 Å². The Kier molecular flexibility index (Phi) is 13.3. The van der Waals surface area contributed by atoms with Crippen LogP contribution in [0.25, 0.3) is 22.1 Å². The van der Waals surface area contributed by atoms with Crippen molar-refractivity contribution in [3.05, 3.63) is 86.9 Å². The smallest absolute Gasteiger partial charge is 0.407 e. The number of hydrogen-bond acceptors (Lipinski definition) is 8. The van der Waals surface area contributed by atoms with E-state index in [1.54, 1.807) is 9.80 Å². The molecule has 0 aliphatic carbocycles. The zero-order valence-corrected chi connectivity index (χ0v) is 40.4. The Labute approximate surface area is 395 Å². The quantitative estimate of drug-likeness (QED) is 0.0858. The van der Waals surface area contributed by atoms with Gasteiger partial charge in [-0.2, -0.15) is 0 Å². The van der Waals surface area contributed by atoms with Crippen LogP contribution in [0.15, 0.2) is 48.5 Å². The fourth-order valence-electron chi connectivity index (χ4n) is 10.2. The molecular weight excluding hydrogens is 882 g/mol. The number of carbonyl (C=O) groups excluding carboxylic acids is 3. The lowest BCUT2D eigenvalue weighted by Crippen LogP contribution is -2.51. The first kappa shape index (κ1) is 47.0. The van der Waals surface area contributed by atoms with Gasteiger partial charge in [0.2, 0.25) is 11.8 Å². The lowest BCUT2D eigenvalue weighted by molar-refractivity contribution is -0.136. The molecule has 0 saturated carbocycles. The van der Waals surface area contributed by atoms with E-state index in [4.69, 9.17) is 37.9 Å². The standard InChI is InChI=1S/C49H61Cl2N9O6/c1-25(2)39(56-47(63)64)45(61)58-23-9-11-35(58)43-52-31-19-17-29(37(50)41(31)54-43)33-21-22-34(60(33)28-15-13-27(14-16-28)49(5,6)7)30-18-20-32-42(38(30)51)55-44(53-32)36-12-10-24-59(36)46(62)40(26(3)4)57-48(65)66-8/h13-20,25-26,33-36,39-40,56H,9-12,21-24H2,1-8H3,(H,52,54)(H,53,55)(H,57,65)(H,63,64)/t33-,34-,35+,36+,39+,40+/m1/s1. The molecule has 3 aliphatic rings. The van der Waals surface area contributed by atoms with Crippen LogP contribution in [-0.2, 0) is 19.7 Å². The number of rotatable bonds is 11. The molecule has 0 unspecified atom stereocenters. The number of benzene rings is 3. The summed E-state index contributed by atoms with van der Waals surface area (Å²) in [6.07, 6.45) is 2.60. The molecule has 5 heterocycles. The highest BCUT2D eigenvalue weighted by molar-refractivity contribution is 6.36. The van der Waals surface area contributed by atoms with Gasteiger partial charge >= 0.3 is 12.2 Å². The van der Waals surface area contributed by atoms with Crippen LogP contribution in [0.4, 0.5) is 15.3 Å². The Bertz CT molecular complexity index is 2640. The monoisotopic (exact) mass is 941 g/mol. The van der Waals surface area contributed by atoms with Crippen molar-refractivity contribution in [2.75, 3.05) is 25.1 Å². The summed E-state index contributed by atoms with van der Waals surface area (Å²) in [6, 6.07) is 14.2. The maximum atomic E-state index is 13.9. The van der Waals surface area contributed by atoms with E-state index in [9.17, 15) is 24.3 Å². The highest BCUT2D eigenvalue weighted by atomic mass is 35.5. The van der Waals surface area contributed by atoms with Crippen LogP contribution in [0.5, 0.6) is 0 Å². The van der Waals surface area contributed by atoms with E-state index in [-0.39, 0.29) is 53.2 Å². The predicted molar refractivity (Wildman–Crippen MR) is 256 cm³/mol. The largest absolute Gasteiger partial charge is 0.465 e. The van der Waals surface area contributed by atoms with E-state index in [1.807, 2.05) is 39.8 Å². The molecule has 15 nitrogen and oxygen atoms in total. The molecule has 3 fully saturated rings. The van der Waals surface area contributed by atoms with Crippen LogP contribution in [-0.4, -0.2) is 91.1 Å². The van der Waals surface area contributed by atoms with Crippen molar-refractivity contribution in [1.29, 1.82) is 0 Å².